The van der Waals surface area contributed by atoms with Gasteiger partial charge in [0, 0.05) is 32.3 Å². The second kappa shape index (κ2) is 11.3. The number of fused-ring (bicyclic) bond motifs is 10. The van der Waals surface area contributed by atoms with Crippen LogP contribution >= 0.6 is 0 Å². The SMILES string of the molecule is c1ccc(-c2ccc3oc4cc(Cc5cc6c7cc(-c8ccccc8)ccc7oc6c6oc7ccc(-c8ccccc8)cc7c56)ccc4c3c2)cc1. The van der Waals surface area contributed by atoms with Crippen molar-refractivity contribution in [1.29, 1.82) is 0 Å². The molecular weight excluding hydrogens is 637 g/mol. The Morgan fingerprint density at radius 2 is 0.808 bits per heavy atom. The maximum absolute atomic E-state index is 6.72. The number of hydrogen-bond donors (Lipinski definition) is 0. The van der Waals surface area contributed by atoms with E-state index in [0.29, 0.717) is 6.42 Å². The summed E-state index contributed by atoms with van der Waals surface area (Å²) in [5.74, 6) is 0. The molecule has 3 heterocycles. The van der Waals surface area contributed by atoms with Crippen molar-refractivity contribution in [2.75, 3.05) is 0 Å². The molecule has 0 bridgehead atoms. The molecule has 0 saturated heterocycles. The van der Waals surface area contributed by atoms with E-state index >= 15 is 0 Å². The first-order valence-electron chi connectivity index (χ1n) is 17.7. The summed E-state index contributed by atoms with van der Waals surface area (Å²) in [6, 6.07) is 59.9. The van der Waals surface area contributed by atoms with E-state index in [1.54, 1.807) is 0 Å². The van der Waals surface area contributed by atoms with E-state index in [9.17, 15) is 0 Å². The van der Waals surface area contributed by atoms with Crippen LogP contribution in [-0.2, 0) is 6.42 Å². The van der Waals surface area contributed by atoms with E-state index in [1.807, 2.05) is 12.1 Å². The van der Waals surface area contributed by atoms with Gasteiger partial charge >= 0.3 is 0 Å². The zero-order chi connectivity index (χ0) is 34.2. The van der Waals surface area contributed by atoms with E-state index in [2.05, 4.69) is 158 Å². The van der Waals surface area contributed by atoms with Gasteiger partial charge in [0.15, 0.2) is 11.2 Å². The molecule has 0 spiro atoms. The van der Waals surface area contributed by atoms with Gasteiger partial charge in [0.05, 0.1) is 0 Å². The number of hydrogen-bond acceptors (Lipinski definition) is 3. The van der Waals surface area contributed by atoms with Crippen LogP contribution in [0.4, 0.5) is 0 Å². The molecule has 0 aliphatic rings. The van der Waals surface area contributed by atoms with E-state index in [-0.39, 0.29) is 0 Å². The van der Waals surface area contributed by atoms with E-state index in [0.717, 1.165) is 76.9 Å². The monoisotopic (exact) mass is 666 g/mol. The van der Waals surface area contributed by atoms with Gasteiger partial charge in [0.25, 0.3) is 0 Å². The fourth-order valence-corrected chi connectivity index (χ4v) is 7.97. The zero-order valence-electron chi connectivity index (χ0n) is 28.1. The van der Waals surface area contributed by atoms with Crippen molar-refractivity contribution in [1.82, 2.24) is 0 Å². The molecule has 0 fully saturated rings. The standard InChI is InChI=1S/C49H30O3/c1-4-10-31(11-5-1)34-17-21-43-39(26-34)38-20-16-30(25-46(38)50-43)24-37-29-41-40-27-35(32-12-6-2-7-13-32)18-22-44(40)51-48(41)49-47(37)42-28-36(19-23-45(42)52-49)33-14-8-3-9-15-33/h1-23,25-29H,24H2. The zero-order valence-corrected chi connectivity index (χ0v) is 28.1. The minimum atomic E-state index is 0.698. The van der Waals surface area contributed by atoms with E-state index < -0.39 is 0 Å². The van der Waals surface area contributed by atoms with Gasteiger partial charge in [-0.15, -0.1) is 0 Å². The highest BCUT2D eigenvalue weighted by molar-refractivity contribution is 6.21. The fourth-order valence-electron chi connectivity index (χ4n) is 7.97. The maximum Gasteiger partial charge on any atom is 0.178 e. The lowest BCUT2D eigenvalue weighted by atomic mass is 9.95. The molecule has 11 rings (SSSR count). The van der Waals surface area contributed by atoms with Crippen LogP contribution in [0.1, 0.15) is 11.1 Å². The third kappa shape index (κ3) is 4.60. The lowest BCUT2D eigenvalue weighted by Crippen LogP contribution is -1.90. The van der Waals surface area contributed by atoms with Gasteiger partial charge in [-0.25, -0.2) is 0 Å². The van der Waals surface area contributed by atoms with Gasteiger partial charge in [-0.1, -0.05) is 121 Å². The highest BCUT2D eigenvalue weighted by Crippen LogP contribution is 2.43. The van der Waals surface area contributed by atoms with Crippen molar-refractivity contribution in [2.24, 2.45) is 0 Å². The summed E-state index contributed by atoms with van der Waals surface area (Å²) in [4.78, 5) is 0. The average Bonchev–Trinajstić information content (AvgIpc) is 3.89. The summed E-state index contributed by atoms with van der Waals surface area (Å²) in [7, 11) is 0. The Balaban J connectivity index is 1.11. The highest BCUT2D eigenvalue weighted by Gasteiger charge is 2.21. The Labute approximate surface area is 298 Å². The molecule has 3 nitrogen and oxygen atoms in total. The van der Waals surface area contributed by atoms with Crippen molar-refractivity contribution in [3.63, 3.8) is 0 Å². The molecule has 8 aromatic carbocycles. The van der Waals surface area contributed by atoms with Gasteiger partial charge in [-0.3, -0.25) is 0 Å². The van der Waals surface area contributed by atoms with E-state index in [1.165, 1.54) is 33.4 Å². The van der Waals surface area contributed by atoms with Crippen LogP contribution in [0.5, 0.6) is 0 Å². The van der Waals surface area contributed by atoms with Crippen LogP contribution < -0.4 is 0 Å². The van der Waals surface area contributed by atoms with Crippen molar-refractivity contribution in [3.8, 4) is 33.4 Å². The van der Waals surface area contributed by atoms with Crippen LogP contribution in [0.15, 0.2) is 183 Å². The van der Waals surface area contributed by atoms with Crippen molar-refractivity contribution < 1.29 is 13.3 Å². The first-order valence-corrected chi connectivity index (χ1v) is 17.7. The molecule has 0 unspecified atom stereocenters. The second-order valence-electron chi connectivity index (χ2n) is 13.7. The second-order valence-corrected chi connectivity index (χ2v) is 13.7. The first-order chi connectivity index (χ1) is 25.7. The lowest BCUT2D eigenvalue weighted by molar-refractivity contribution is 0.633. The molecule has 0 saturated carbocycles. The largest absolute Gasteiger partial charge is 0.456 e. The molecule has 11 aromatic rings. The predicted molar refractivity (Wildman–Crippen MR) is 214 cm³/mol. The Morgan fingerprint density at radius 1 is 0.308 bits per heavy atom. The van der Waals surface area contributed by atoms with Crippen LogP contribution in [0.25, 0.3) is 99.2 Å². The summed E-state index contributed by atoms with van der Waals surface area (Å²) < 4.78 is 19.8. The van der Waals surface area contributed by atoms with E-state index in [4.69, 9.17) is 13.3 Å². The van der Waals surface area contributed by atoms with Crippen LogP contribution in [-0.4, -0.2) is 0 Å². The number of benzene rings is 8. The molecule has 3 heteroatoms. The minimum absolute atomic E-state index is 0.698. The number of furan rings is 3. The molecule has 0 radical (unpaired) electrons. The first kappa shape index (κ1) is 28.9. The number of rotatable bonds is 5. The van der Waals surface area contributed by atoms with Crippen LogP contribution in [0.2, 0.25) is 0 Å². The van der Waals surface area contributed by atoms with Crippen molar-refractivity contribution >= 4 is 65.8 Å². The third-order valence-electron chi connectivity index (χ3n) is 10.5. The Bertz CT molecular complexity index is 3130. The smallest absolute Gasteiger partial charge is 0.178 e. The third-order valence-corrected chi connectivity index (χ3v) is 10.5. The summed E-state index contributed by atoms with van der Waals surface area (Å²) in [6.45, 7) is 0. The molecular formula is C49H30O3. The average molecular weight is 667 g/mol. The Morgan fingerprint density at radius 3 is 1.40 bits per heavy atom. The fraction of sp³-hybridized carbons (Fsp3) is 0.0204. The van der Waals surface area contributed by atoms with Crippen molar-refractivity contribution in [3.05, 3.63) is 181 Å². The molecule has 3 aromatic heterocycles. The van der Waals surface area contributed by atoms with Gasteiger partial charge < -0.3 is 13.3 Å². The van der Waals surface area contributed by atoms with Gasteiger partial charge in [0.1, 0.15) is 22.3 Å². The van der Waals surface area contributed by atoms with Gasteiger partial charge in [0.2, 0.25) is 0 Å². The summed E-state index contributed by atoms with van der Waals surface area (Å²) in [5.41, 5.74) is 14.4. The lowest BCUT2D eigenvalue weighted by Gasteiger charge is -2.07. The van der Waals surface area contributed by atoms with Crippen LogP contribution in [0.3, 0.4) is 0 Å². The maximum atomic E-state index is 6.72. The summed E-state index contributed by atoms with van der Waals surface area (Å²) in [5, 5.41) is 6.53. The van der Waals surface area contributed by atoms with Gasteiger partial charge in [-0.05, 0) is 99.5 Å². The molecule has 0 aliphatic carbocycles. The summed E-state index contributed by atoms with van der Waals surface area (Å²) in [6.07, 6.45) is 0.698. The van der Waals surface area contributed by atoms with Crippen molar-refractivity contribution in [2.45, 2.75) is 6.42 Å². The topological polar surface area (TPSA) is 39.4 Å². The normalized spacial score (nSPS) is 11.9. The molecule has 0 amide bonds. The molecule has 52 heavy (non-hydrogen) atoms. The Kier molecular flexibility index (Phi) is 6.31. The molecule has 0 atom stereocenters. The quantitative estimate of drug-likeness (QED) is 0.184. The highest BCUT2D eigenvalue weighted by atomic mass is 16.4. The van der Waals surface area contributed by atoms with Gasteiger partial charge in [-0.2, -0.15) is 0 Å². The minimum Gasteiger partial charge on any atom is -0.456 e. The van der Waals surface area contributed by atoms with Crippen LogP contribution in [0, 0.1) is 0 Å². The summed E-state index contributed by atoms with van der Waals surface area (Å²) >= 11 is 0. The molecule has 244 valence electrons. The molecule has 0 N–H and O–H groups in total. The Hall–Kier alpha value is -6.84. The molecule has 0 aliphatic heterocycles. The predicted octanol–water partition coefficient (Wildman–Crippen LogP) is 14.0.